The lowest BCUT2D eigenvalue weighted by molar-refractivity contribution is -0.121. The van der Waals surface area contributed by atoms with E-state index >= 15 is 0 Å². The van der Waals surface area contributed by atoms with Gasteiger partial charge in [-0.05, 0) is 51.1 Å². The maximum Gasteiger partial charge on any atom is 0.338 e. The van der Waals surface area contributed by atoms with Gasteiger partial charge in [-0.15, -0.1) is 0 Å². The maximum absolute atomic E-state index is 12.1. The zero-order valence-corrected chi connectivity index (χ0v) is 13.2. The van der Waals surface area contributed by atoms with Gasteiger partial charge in [0.2, 0.25) is 5.91 Å². The highest BCUT2D eigenvalue weighted by Crippen LogP contribution is 2.13. The van der Waals surface area contributed by atoms with Crippen molar-refractivity contribution in [1.82, 2.24) is 5.32 Å². The van der Waals surface area contributed by atoms with Crippen molar-refractivity contribution in [3.63, 3.8) is 0 Å². The van der Waals surface area contributed by atoms with E-state index in [1.807, 2.05) is 27.7 Å². The van der Waals surface area contributed by atoms with Gasteiger partial charge in [0.05, 0.1) is 17.7 Å². The molecule has 0 spiro atoms. The average Bonchev–Trinajstić information content (AvgIpc) is 2.45. The Balaban J connectivity index is 2.66. The van der Waals surface area contributed by atoms with Crippen LogP contribution in [0.2, 0.25) is 0 Å². The van der Waals surface area contributed by atoms with E-state index in [-0.39, 0.29) is 11.9 Å². The van der Waals surface area contributed by atoms with E-state index in [2.05, 4.69) is 10.6 Å². The van der Waals surface area contributed by atoms with Crippen molar-refractivity contribution in [2.24, 2.45) is 0 Å². The molecular weight excluding hydrogens is 268 g/mol. The Bertz CT molecular complexity index is 481. The summed E-state index contributed by atoms with van der Waals surface area (Å²) in [4.78, 5) is 23.8. The van der Waals surface area contributed by atoms with Crippen LogP contribution in [0.5, 0.6) is 0 Å². The quantitative estimate of drug-likeness (QED) is 0.758. The number of amides is 1. The zero-order valence-electron chi connectivity index (χ0n) is 13.2. The van der Waals surface area contributed by atoms with Crippen molar-refractivity contribution in [2.45, 2.75) is 39.7 Å². The van der Waals surface area contributed by atoms with E-state index in [1.54, 1.807) is 24.3 Å². The molecule has 1 aromatic carbocycles. The number of likely N-dealkylation sites (N-methyl/N-ethyl adjacent to an activating group) is 1. The van der Waals surface area contributed by atoms with Crippen LogP contribution >= 0.6 is 0 Å². The fourth-order valence-corrected chi connectivity index (χ4v) is 1.78. The number of anilines is 1. The van der Waals surface area contributed by atoms with Gasteiger partial charge in [-0.1, -0.05) is 13.8 Å². The molecule has 5 heteroatoms. The molecule has 0 saturated carbocycles. The van der Waals surface area contributed by atoms with Crippen molar-refractivity contribution < 1.29 is 14.3 Å². The van der Waals surface area contributed by atoms with Crippen LogP contribution in [0.1, 0.15) is 44.5 Å². The number of benzene rings is 1. The van der Waals surface area contributed by atoms with Gasteiger partial charge in [-0.2, -0.15) is 0 Å². The lowest BCUT2D eigenvalue weighted by Gasteiger charge is -2.24. The van der Waals surface area contributed by atoms with E-state index in [9.17, 15) is 9.59 Å². The number of hydrogen-bond donors (Lipinski definition) is 2. The van der Waals surface area contributed by atoms with Crippen molar-refractivity contribution in [1.29, 1.82) is 0 Å². The van der Waals surface area contributed by atoms with E-state index in [4.69, 9.17) is 4.74 Å². The highest BCUT2D eigenvalue weighted by molar-refractivity contribution is 5.98. The fraction of sp³-hybridized carbons (Fsp3) is 0.500. The molecule has 0 aromatic heterocycles. The SMILES string of the molecule is CCCOC(=O)c1ccc(NC(=O)C(C)(C)NCC)cc1. The molecule has 0 saturated heterocycles. The Kier molecular flexibility index (Phi) is 6.37. The van der Waals surface area contributed by atoms with Crippen molar-refractivity contribution in [3.05, 3.63) is 29.8 Å². The Morgan fingerprint density at radius 2 is 1.76 bits per heavy atom. The first-order valence-corrected chi connectivity index (χ1v) is 7.24. The van der Waals surface area contributed by atoms with Gasteiger partial charge in [0, 0.05) is 5.69 Å². The van der Waals surface area contributed by atoms with Crippen molar-refractivity contribution in [3.8, 4) is 0 Å². The molecule has 1 aromatic rings. The standard InChI is InChI=1S/C16H24N2O3/c1-5-11-21-14(19)12-7-9-13(10-8-12)18-15(20)16(3,4)17-6-2/h7-10,17H,5-6,11H2,1-4H3,(H,18,20). The van der Waals surface area contributed by atoms with Gasteiger partial charge in [-0.25, -0.2) is 4.79 Å². The number of hydrogen-bond acceptors (Lipinski definition) is 4. The molecule has 0 aliphatic rings. The largest absolute Gasteiger partial charge is 0.462 e. The second kappa shape index (κ2) is 7.78. The summed E-state index contributed by atoms with van der Waals surface area (Å²) in [5, 5.41) is 5.93. The Morgan fingerprint density at radius 1 is 1.14 bits per heavy atom. The zero-order chi connectivity index (χ0) is 15.9. The van der Waals surface area contributed by atoms with E-state index in [0.29, 0.717) is 24.4 Å². The molecule has 1 amide bonds. The van der Waals surface area contributed by atoms with E-state index < -0.39 is 5.54 Å². The van der Waals surface area contributed by atoms with Gasteiger partial charge in [0.15, 0.2) is 0 Å². The topological polar surface area (TPSA) is 67.4 Å². The molecule has 5 nitrogen and oxygen atoms in total. The normalized spacial score (nSPS) is 11.0. The van der Waals surface area contributed by atoms with Crippen LogP contribution in [-0.4, -0.2) is 30.6 Å². The first kappa shape index (κ1) is 17.2. The fourth-order valence-electron chi connectivity index (χ4n) is 1.78. The highest BCUT2D eigenvalue weighted by atomic mass is 16.5. The summed E-state index contributed by atoms with van der Waals surface area (Å²) in [6.07, 6.45) is 0.791. The minimum absolute atomic E-state index is 0.120. The summed E-state index contributed by atoms with van der Waals surface area (Å²) in [5.74, 6) is -0.464. The average molecular weight is 292 g/mol. The number of esters is 1. The molecule has 0 fully saturated rings. The summed E-state index contributed by atoms with van der Waals surface area (Å²) in [5.41, 5.74) is 0.485. The molecule has 2 N–H and O–H groups in total. The molecule has 116 valence electrons. The smallest absolute Gasteiger partial charge is 0.338 e. The minimum atomic E-state index is -0.645. The van der Waals surface area contributed by atoms with E-state index in [1.165, 1.54) is 0 Å². The second-order valence-electron chi connectivity index (χ2n) is 5.32. The molecule has 21 heavy (non-hydrogen) atoms. The lowest BCUT2D eigenvalue weighted by atomic mass is 10.0. The van der Waals surface area contributed by atoms with Crippen molar-refractivity contribution >= 4 is 17.6 Å². The number of rotatable bonds is 7. The van der Waals surface area contributed by atoms with Gasteiger partial charge in [0.25, 0.3) is 0 Å². The summed E-state index contributed by atoms with van der Waals surface area (Å²) >= 11 is 0. The van der Waals surface area contributed by atoms with Crippen LogP contribution in [0, 0.1) is 0 Å². The molecule has 1 rings (SSSR count). The lowest BCUT2D eigenvalue weighted by Crippen LogP contribution is -2.49. The van der Waals surface area contributed by atoms with Gasteiger partial charge < -0.3 is 15.4 Å². The van der Waals surface area contributed by atoms with E-state index in [0.717, 1.165) is 6.42 Å². The molecule has 0 unspecified atom stereocenters. The Hall–Kier alpha value is -1.88. The number of carbonyl (C=O) groups is 2. The monoisotopic (exact) mass is 292 g/mol. The predicted molar refractivity (Wildman–Crippen MR) is 83.4 cm³/mol. The third-order valence-electron chi connectivity index (χ3n) is 3.00. The number of carbonyl (C=O) groups excluding carboxylic acids is 2. The first-order valence-electron chi connectivity index (χ1n) is 7.24. The molecule has 0 heterocycles. The molecule has 0 aliphatic heterocycles. The third-order valence-corrected chi connectivity index (χ3v) is 3.00. The predicted octanol–water partition coefficient (Wildman–Crippen LogP) is 2.58. The molecule has 0 atom stereocenters. The first-order chi connectivity index (χ1) is 9.90. The second-order valence-corrected chi connectivity index (χ2v) is 5.32. The summed E-state index contributed by atoms with van der Waals surface area (Å²) < 4.78 is 5.05. The van der Waals surface area contributed by atoms with Crippen LogP contribution in [0.3, 0.4) is 0 Å². The Morgan fingerprint density at radius 3 is 2.29 bits per heavy atom. The summed E-state index contributed by atoms with van der Waals surface area (Å²) in [6.45, 7) is 8.66. The molecule has 0 bridgehead atoms. The summed E-state index contributed by atoms with van der Waals surface area (Å²) in [7, 11) is 0. The van der Waals surface area contributed by atoms with Crippen LogP contribution in [0.25, 0.3) is 0 Å². The summed E-state index contributed by atoms with van der Waals surface area (Å²) in [6, 6.07) is 6.69. The molecular formula is C16H24N2O3. The van der Waals surface area contributed by atoms with Gasteiger partial charge in [0.1, 0.15) is 0 Å². The minimum Gasteiger partial charge on any atom is -0.462 e. The van der Waals surface area contributed by atoms with Gasteiger partial charge in [-0.3, -0.25) is 4.79 Å². The van der Waals surface area contributed by atoms with Crippen LogP contribution in [0.4, 0.5) is 5.69 Å². The number of ether oxygens (including phenoxy) is 1. The molecule has 0 radical (unpaired) electrons. The maximum atomic E-state index is 12.1. The van der Waals surface area contributed by atoms with Crippen LogP contribution in [0.15, 0.2) is 24.3 Å². The molecule has 0 aliphatic carbocycles. The van der Waals surface area contributed by atoms with Gasteiger partial charge >= 0.3 is 5.97 Å². The number of nitrogens with one attached hydrogen (secondary N) is 2. The highest BCUT2D eigenvalue weighted by Gasteiger charge is 2.26. The van der Waals surface area contributed by atoms with Crippen molar-refractivity contribution in [2.75, 3.05) is 18.5 Å². The Labute approximate surface area is 126 Å². The van der Waals surface area contributed by atoms with Crippen LogP contribution in [-0.2, 0) is 9.53 Å². The van der Waals surface area contributed by atoms with Crippen LogP contribution < -0.4 is 10.6 Å². The third kappa shape index (κ3) is 5.19.